The molecule has 1 atom stereocenters. The number of allylic oxidation sites excluding steroid dienone is 3. The van der Waals surface area contributed by atoms with E-state index in [9.17, 15) is 10.2 Å². The Labute approximate surface area is 291 Å². The third kappa shape index (κ3) is 19.5. The van der Waals surface area contributed by atoms with Crippen molar-refractivity contribution in [2.45, 2.75) is 146 Å². The molecule has 0 heterocycles. The van der Waals surface area contributed by atoms with E-state index in [0.717, 1.165) is 37.5 Å². The largest absolute Gasteiger partial charge is 1.00 e. The minimum absolute atomic E-state index is 0. The SMILES string of the molecule is BrBr.C=C(C)C1CC=C(C)CC1.CC1(Br)CCC(C(C)(C)Br)CC1.CC1(O)CCC(C(C)(C)O)CC1.[2HH].[Na+].[OH-]. The Bertz CT molecular complexity index is 631. The van der Waals surface area contributed by atoms with Crippen LogP contribution in [-0.4, -0.2) is 35.5 Å². The second kappa shape index (κ2) is 20.3. The van der Waals surface area contributed by atoms with Crippen LogP contribution in [0.2, 0.25) is 0 Å². The molecule has 3 rings (SSSR count). The third-order valence-corrected chi connectivity index (χ3v) is 9.84. The van der Waals surface area contributed by atoms with Crippen LogP contribution in [-0.2, 0) is 0 Å². The van der Waals surface area contributed by atoms with E-state index in [1.54, 1.807) is 5.57 Å². The van der Waals surface area contributed by atoms with Crippen molar-refractivity contribution in [1.82, 2.24) is 0 Å². The van der Waals surface area contributed by atoms with Gasteiger partial charge in [0.25, 0.3) is 0 Å². The van der Waals surface area contributed by atoms with Crippen molar-refractivity contribution in [2.24, 2.45) is 17.8 Å². The molecule has 0 aliphatic heterocycles. The summed E-state index contributed by atoms with van der Waals surface area (Å²) in [6.45, 7) is 20.8. The quantitative estimate of drug-likeness (QED) is 0.172. The monoisotopic (exact) mass is 805 g/mol. The van der Waals surface area contributed by atoms with E-state index in [-0.39, 0.29) is 36.5 Å². The summed E-state index contributed by atoms with van der Waals surface area (Å²) in [5.74, 6) is 1.98. The number of rotatable bonds is 3. The molecule has 0 spiro atoms. The fourth-order valence-electron chi connectivity index (χ4n) is 5.27. The maximum Gasteiger partial charge on any atom is 1.00 e. The number of hydrogen-bond acceptors (Lipinski definition) is 3. The van der Waals surface area contributed by atoms with Crippen LogP contribution in [0.5, 0.6) is 0 Å². The van der Waals surface area contributed by atoms with E-state index in [0.29, 0.717) is 14.6 Å². The maximum atomic E-state index is 9.73. The van der Waals surface area contributed by atoms with Gasteiger partial charge in [-0.1, -0.05) is 55.7 Å². The van der Waals surface area contributed by atoms with E-state index < -0.39 is 11.2 Å². The van der Waals surface area contributed by atoms with Crippen LogP contribution in [0.1, 0.15) is 127 Å². The van der Waals surface area contributed by atoms with E-state index in [4.69, 9.17) is 0 Å². The molecular formula is C30H57Br4NaO3. The molecule has 0 aromatic carbocycles. The van der Waals surface area contributed by atoms with Crippen LogP contribution in [0, 0.1) is 17.8 Å². The number of halogens is 4. The Kier molecular flexibility index (Phi) is 23.9. The van der Waals surface area contributed by atoms with Gasteiger partial charge in [0.2, 0.25) is 0 Å². The van der Waals surface area contributed by atoms with Crippen molar-refractivity contribution >= 4 is 60.1 Å². The van der Waals surface area contributed by atoms with Crippen molar-refractivity contribution in [3.05, 3.63) is 23.8 Å². The zero-order valence-electron chi connectivity index (χ0n) is 25.6. The Morgan fingerprint density at radius 3 is 1.71 bits per heavy atom. The van der Waals surface area contributed by atoms with Gasteiger partial charge in [-0.3, -0.25) is 0 Å². The zero-order valence-corrected chi connectivity index (χ0v) is 34.0. The van der Waals surface area contributed by atoms with Crippen LogP contribution in [0.25, 0.3) is 0 Å². The molecule has 0 aromatic rings. The van der Waals surface area contributed by atoms with Crippen LogP contribution < -0.4 is 29.6 Å². The first-order valence-electron chi connectivity index (χ1n) is 13.6. The maximum absolute atomic E-state index is 9.73. The van der Waals surface area contributed by atoms with Crippen LogP contribution >= 0.6 is 60.1 Å². The Morgan fingerprint density at radius 2 is 1.39 bits per heavy atom. The predicted molar refractivity (Wildman–Crippen MR) is 179 cm³/mol. The summed E-state index contributed by atoms with van der Waals surface area (Å²) in [7, 11) is 0. The topological polar surface area (TPSA) is 70.5 Å². The Hall–Kier alpha value is 2.28. The molecule has 3 aliphatic carbocycles. The predicted octanol–water partition coefficient (Wildman–Crippen LogP) is 8.28. The van der Waals surface area contributed by atoms with Gasteiger partial charge in [0.05, 0.1) is 11.2 Å². The molecule has 3 nitrogen and oxygen atoms in total. The summed E-state index contributed by atoms with van der Waals surface area (Å²) in [6, 6.07) is 0. The van der Waals surface area contributed by atoms with Crippen molar-refractivity contribution in [3.8, 4) is 0 Å². The second-order valence-electron chi connectivity index (χ2n) is 13.0. The molecule has 2 saturated carbocycles. The molecule has 38 heavy (non-hydrogen) atoms. The minimum atomic E-state index is -0.573. The van der Waals surface area contributed by atoms with Crippen LogP contribution in [0.3, 0.4) is 0 Å². The van der Waals surface area contributed by atoms with Gasteiger partial charge in [-0.2, -0.15) is 0 Å². The van der Waals surface area contributed by atoms with E-state index in [1.165, 1.54) is 50.5 Å². The average molecular weight is 809 g/mol. The second-order valence-corrected chi connectivity index (χ2v) is 17.0. The molecule has 3 aliphatic rings. The molecule has 2 fully saturated rings. The van der Waals surface area contributed by atoms with Gasteiger partial charge in [0, 0.05) is 38.3 Å². The van der Waals surface area contributed by atoms with Gasteiger partial charge in [0.1, 0.15) is 0 Å². The molecule has 0 aromatic heterocycles. The summed E-state index contributed by atoms with van der Waals surface area (Å²) in [5.41, 5.74) is 1.85. The Balaban J connectivity index is -0.000000221. The Morgan fingerprint density at radius 1 is 0.974 bits per heavy atom. The molecule has 8 heteroatoms. The van der Waals surface area contributed by atoms with Crippen molar-refractivity contribution in [2.75, 3.05) is 0 Å². The van der Waals surface area contributed by atoms with Crippen molar-refractivity contribution in [1.29, 1.82) is 0 Å². The molecule has 3 N–H and O–H groups in total. The van der Waals surface area contributed by atoms with Gasteiger partial charge in [-0.25, -0.2) is 0 Å². The molecular weight excluding hydrogens is 751 g/mol. The summed E-state index contributed by atoms with van der Waals surface area (Å²) < 4.78 is 0.748. The van der Waals surface area contributed by atoms with Gasteiger partial charge in [0.15, 0.2) is 0 Å². The third-order valence-electron chi connectivity index (χ3n) is 8.40. The fourth-order valence-corrected chi connectivity index (χ4v) is 6.18. The van der Waals surface area contributed by atoms with Crippen LogP contribution in [0.4, 0.5) is 0 Å². The molecule has 224 valence electrons. The van der Waals surface area contributed by atoms with Gasteiger partial charge < -0.3 is 15.7 Å². The molecule has 1 unspecified atom stereocenters. The van der Waals surface area contributed by atoms with Gasteiger partial charge in [-0.05, 0) is 144 Å². The normalized spacial score (nSPS) is 31.1. The van der Waals surface area contributed by atoms with Crippen molar-refractivity contribution < 1.29 is 46.7 Å². The fraction of sp³-hybridized carbons (Fsp3) is 0.867. The summed E-state index contributed by atoms with van der Waals surface area (Å²) in [4.78, 5) is 0. The number of alkyl halides is 2. The smallest absolute Gasteiger partial charge is 0.870 e. The molecule has 0 amide bonds. The first-order valence-corrected chi connectivity index (χ1v) is 18.9. The first-order chi connectivity index (χ1) is 16.3. The van der Waals surface area contributed by atoms with Crippen molar-refractivity contribution in [3.63, 3.8) is 0 Å². The van der Waals surface area contributed by atoms with E-state index >= 15 is 0 Å². The first kappa shape index (κ1) is 44.7. The molecule has 0 saturated heterocycles. The summed E-state index contributed by atoms with van der Waals surface area (Å²) in [6.07, 6.45) is 15.0. The molecule has 0 radical (unpaired) electrons. The zero-order chi connectivity index (χ0) is 28.4. The van der Waals surface area contributed by atoms with Gasteiger partial charge in [-0.15, -0.1) is 0 Å². The minimum Gasteiger partial charge on any atom is -0.870 e. The van der Waals surface area contributed by atoms with Crippen LogP contribution in [0.15, 0.2) is 23.8 Å². The average Bonchev–Trinajstić information content (AvgIpc) is 2.74. The summed E-state index contributed by atoms with van der Waals surface area (Å²) >= 11 is 13.0. The number of hydrogen-bond donors (Lipinski definition) is 2. The van der Waals surface area contributed by atoms with Gasteiger partial charge >= 0.3 is 29.6 Å². The molecule has 0 bridgehead atoms. The standard InChI is InChI=1S/C10H18Br2.C10H20O2.C10H16.Br2.Na.H2O.H2/c2*1-9(2,11)8-4-6-10(3,12)7-5-8;1-8(2)10-6-4-9(3)5-7-10;1-2;;;/h8H,4-7H2,1-3H3;8,11-12H,4-7H2,1-3H3;4,10H,1,5-7H2,2-3H3;;;1H2;1H/q;;;;+1;;/p-1/i;;;;;;1+1. The van der Waals surface area contributed by atoms with E-state index in [2.05, 4.69) is 107 Å². The number of aliphatic hydroxyl groups is 2. The van der Waals surface area contributed by atoms with E-state index in [1.807, 2.05) is 20.8 Å². The summed E-state index contributed by atoms with van der Waals surface area (Å²) in [5, 5.41) is 19.4.